The monoisotopic (exact) mass is 280 g/mol. The zero-order valence-electron chi connectivity index (χ0n) is 11.0. The summed E-state index contributed by atoms with van der Waals surface area (Å²) in [6.45, 7) is 1.44. The van der Waals surface area contributed by atoms with Gasteiger partial charge in [0.1, 0.15) is 5.37 Å². The Morgan fingerprint density at radius 2 is 1.79 bits per heavy atom. The fraction of sp³-hybridized carbons (Fsp3) is 0.385. The molecule has 0 radical (unpaired) electrons. The van der Waals surface area contributed by atoms with Crippen molar-refractivity contribution >= 4 is 23.7 Å². The van der Waals surface area contributed by atoms with Crippen LogP contribution in [0.3, 0.4) is 0 Å². The summed E-state index contributed by atoms with van der Waals surface area (Å²) in [7, 11) is 2.96. The molecule has 0 aliphatic carbocycles. The van der Waals surface area contributed by atoms with Gasteiger partial charge in [-0.1, -0.05) is 30.0 Å². The third-order valence-electron chi connectivity index (χ3n) is 3.15. The SMILES string of the molecule is CN1C(=O)N(C)C(Sc2ccccc2)C(C)(O)C1=O. The van der Waals surface area contributed by atoms with Gasteiger partial charge in [-0.05, 0) is 19.1 Å². The molecule has 0 aromatic heterocycles. The summed E-state index contributed by atoms with van der Waals surface area (Å²) in [5.74, 6) is -0.580. The molecular weight excluding hydrogens is 264 g/mol. The van der Waals surface area contributed by atoms with Crippen molar-refractivity contribution in [3.05, 3.63) is 30.3 Å². The van der Waals surface area contributed by atoms with E-state index >= 15 is 0 Å². The summed E-state index contributed by atoms with van der Waals surface area (Å²) in [4.78, 5) is 27.2. The van der Waals surface area contributed by atoms with Crippen LogP contribution in [0.4, 0.5) is 4.79 Å². The maximum Gasteiger partial charge on any atom is 0.327 e. The van der Waals surface area contributed by atoms with E-state index in [4.69, 9.17) is 0 Å². The third kappa shape index (κ3) is 2.33. The summed E-state index contributed by atoms with van der Waals surface area (Å²) in [5, 5.41) is 9.77. The Hall–Kier alpha value is -1.53. The summed E-state index contributed by atoms with van der Waals surface area (Å²) in [6, 6.07) is 8.97. The lowest BCUT2D eigenvalue weighted by atomic mass is 10.0. The van der Waals surface area contributed by atoms with E-state index in [-0.39, 0.29) is 0 Å². The predicted octanol–water partition coefficient (Wildman–Crippen LogP) is 1.38. The number of imide groups is 1. The van der Waals surface area contributed by atoms with Gasteiger partial charge in [0, 0.05) is 19.0 Å². The van der Waals surface area contributed by atoms with Gasteiger partial charge in [0.15, 0.2) is 5.60 Å². The number of urea groups is 1. The van der Waals surface area contributed by atoms with Crippen molar-refractivity contribution in [2.24, 2.45) is 0 Å². The first-order valence-corrected chi connectivity index (χ1v) is 6.72. The van der Waals surface area contributed by atoms with E-state index in [2.05, 4.69) is 0 Å². The van der Waals surface area contributed by atoms with E-state index in [1.165, 1.54) is 30.6 Å². The predicted molar refractivity (Wildman–Crippen MR) is 72.6 cm³/mol. The Morgan fingerprint density at radius 3 is 2.37 bits per heavy atom. The standard InChI is InChI=1S/C13H16N2O3S/c1-13(18)10(16)14(2)12(17)15(3)11(13)19-9-7-5-4-6-8-9/h4-8,11,18H,1-3H3. The number of carbonyl (C=O) groups excluding carboxylic acids is 2. The molecule has 2 atom stereocenters. The highest BCUT2D eigenvalue weighted by Gasteiger charge is 2.51. The number of rotatable bonds is 2. The van der Waals surface area contributed by atoms with Crippen LogP contribution in [0.5, 0.6) is 0 Å². The van der Waals surface area contributed by atoms with Gasteiger partial charge in [-0.25, -0.2) is 4.79 Å². The Labute approximate surface area is 116 Å². The minimum absolute atomic E-state index is 0.412. The molecule has 1 heterocycles. The maximum absolute atomic E-state index is 12.0. The average Bonchev–Trinajstić information content (AvgIpc) is 2.41. The third-order valence-corrected chi connectivity index (χ3v) is 4.69. The highest BCUT2D eigenvalue weighted by molar-refractivity contribution is 8.00. The summed E-state index contributed by atoms with van der Waals surface area (Å²) >= 11 is 1.30. The molecule has 0 spiro atoms. The fourth-order valence-electron chi connectivity index (χ4n) is 2.07. The Balaban J connectivity index is 2.31. The van der Waals surface area contributed by atoms with Crippen LogP contribution in [0.25, 0.3) is 0 Å². The number of hydrogen-bond donors (Lipinski definition) is 1. The van der Waals surface area contributed by atoms with Crippen molar-refractivity contribution in [2.45, 2.75) is 22.8 Å². The van der Waals surface area contributed by atoms with Crippen molar-refractivity contribution in [3.63, 3.8) is 0 Å². The fourth-order valence-corrected chi connectivity index (χ4v) is 3.22. The number of carbonyl (C=O) groups is 2. The minimum Gasteiger partial charge on any atom is -0.377 e. The van der Waals surface area contributed by atoms with Crippen molar-refractivity contribution in [1.29, 1.82) is 0 Å². The van der Waals surface area contributed by atoms with E-state index in [1.54, 1.807) is 7.05 Å². The molecule has 1 aromatic carbocycles. The number of hydrogen-bond acceptors (Lipinski definition) is 4. The molecular formula is C13H16N2O3S. The van der Waals surface area contributed by atoms with Crippen molar-refractivity contribution < 1.29 is 14.7 Å². The zero-order chi connectivity index (χ0) is 14.2. The van der Waals surface area contributed by atoms with E-state index < -0.39 is 22.9 Å². The van der Waals surface area contributed by atoms with Crippen molar-refractivity contribution in [2.75, 3.05) is 14.1 Å². The van der Waals surface area contributed by atoms with Crippen LogP contribution in [0.2, 0.25) is 0 Å². The lowest BCUT2D eigenvalue weighted by molar-refractivity contribution is -0.152. The van der Waals surface area contributed by atoms with Crippen LogP contribution in [0.1, 0.15) is 6.92 Å². The smallest absolute Gasteiger partial charge is 0.327 e. The highest BCUT2D eigenvalue weighted by Crippen LogP contribution is 2.36. The second-order valence-electron chi connectivity index (χ2n) is 4.69. The van der Waals surface area contributed by atoms with E-state index in [9.17, 15) is 14.7 Å². The van der Waals surface area contributed by atoms with Crippen molar-refractivity contribution in [3.8, 4) is 0 Å². The van der Waals surface area contributed by atoms with Gasteiger partial charge >= 0.3 is 6.03 Å². The molecule has 1 aliphatic heterocycles. The van der Waals surface area contributed by atoms with Gasteiger partial charge in [0.25, 0.3) is 5.91 Å². The van der Waals surface area contributed by atoms with Gasteiger partial charge in [-0.15, -0.1) is 0 Å². The van der Waals surface area contributed by atoms with E-state index in [0.717, 1.165) is 9.80 Å². The number of thioether (sulfide) groups is 1. The quantitative estimate of drug-likeness (QED) is 0.889. The molecule has 102 valence electrons. The largest absolute Gasteiger partial charge is 0.377 e. The number of nitrogens with zero attached hydrogens (tertiary/aromatic N) is 2. The van der Waals surface area contributed by atoms with Crippen LogP contribution >= 0.6 is 11.8 Å². The topological polar surface area (TPSA) is 60.9 Å². The lowest BCUT2D eigenvalue weighted by Gasteiger charge is -2.44. The number of benzene rings is 1. The van der Waals surface area contributed by atoms with Gasteiger partial charge in [0.2, 0.25) is 0 Å². The van der Waals surface area contributed by atoms with Crippen LogP contribution in [0, 0.1) is 0 Å². The van der Waals surface area contributed by atoms with Crippen LogP contribution in [-0.4, -0.2) is 51.9 Å². The molecule has 6 heteroatoms. The van der Waals surface area contributed by atoms with Crippen molar-refractivity contribution in [1.82, 2.24) is 9.80 Å². The molecule has 0 bridgehead atoms. The van der Waals surface area contributed by atoms with Gasteiger partial charge in [-0.3, -0.25) is 9.69 Å². The first kappa shape index (κ1) is 13.9. The summed E-state index contributed by atoms with van der Waals surface area (Å²) in [5.41, 5.74) is -1.61. The molecule has 3 amide bonds. The molecule has 0 saturated carbocycles. The molecule has 1 saturated heterocycles. The van der Waals surface area contributed by atoms with Crippen LogP contribution in [0.15, 0.2) is 35.2 Å². The van der Waals surface area contributed by atoms with E-state index in [0.29, 0.717) is 0 Å². The molecule has 19 heavy (non-hydrogen) atoms. The molecule has 1 N–H and O–H groups in total. The minimum atomic E-state index is -1.61. The number of likely N-dealkylation sites (N-methyl/N-ethyl adjacent to an activating group) is 2. The molecule has 1 aliphatic rings. The highest BCUT2D eigenvalue weighted by atomic mass is 32.2. The van der Waals surface area contributed by atoms with Crippen LogP contribution in [-0.2, 0) is 4.79 Å². The first-order valence-electron chi connectivity index (χ1n) is 5.84. The Kier molecular flexibility index (Phi) is 3.56. The summed E-state index contributed by atoms with van der Waals surface area (Å²) < 4.78 is 0. The second kappa shape index (κ2) is 4.86. The molecule has 2 rings (SSSR count). The molecule has 1 fully saturated rings. The average molecular weight is 280 g/mol. The zero-order valence-corrected chi connectivity index (χ0v) is 11.8. The molecule has 1 aromatic rings. The molecule has 5 nitrogen and oxygen atoms in total. The number of amides is 3. The number of aliphatic hydroxyl groups is 1. The molecule has 2 unspecified atom stereocenters. The second-order valence-corrected chi connectivity index (χ2v) is 5.84. The normalized spacial score (nSPS) is 27.9. The Morgan fingerprint density at radius 1 is 1.21 bits per heavy atom. The Bertz CT molecular complexity index is 504. The lowest BCUT2D eigenvalue weighted by Crippen LogP contribution is -2.66. The van der Waals surface area contributed by atoms with E-state index in [1.807, 2.05) is 30.3 Å². The van der Waals surface area contributed by atoms with Gasteiger partial charge < -0.3 is 10.0 Å². The van der Waals surface area contributed by atoms with Gasteiger partial charge in [-0.2, -0.15) is 0 Å². The van der Waals surface area contributed by atoms with Gasteiger partial charge in [0.05, 0.1) is 0 Å². The maximum atomic E-state index is 12.0. The summed E-state index contributed by atoms with van der Waals surface area (Å²) in [6.07, 6.45) is 0. The van der Waals surface area contributed by atoms with Crippen LogP contribution < -0.4 is 0 Å². The first-order chi connectivity index (χ1) is 8.85.